The lowest BCUT2D eigenvalue weighted by Gasteiger charge is -2.03. The first kappa shape index (κ1) is 17.8. The molecule has 4 rings (SSSR count). The van der Waals surface area contributed by atoms with Gasteiger partial charge < -0.3 is 10.3 Å². The maximum absolute atomic E-state index is 13.9. The number of thiophene rings is 1. The average Bonchev–Trinajstić information content (AvgIpc) is 3.16. The van der Waals surface area contributed by atoms with E-state index in [2.05, 4.69) is 15.3 Å². The molecule has 0 aliphatic rings. The van der Waals surface area contributed by atoms with Crippen LogP contribution < -0.4 is 10.9 Å². The van der Waals surface area contributed by atoms with Crippen LogP contribution in [0.1, 0.15) is 4.88 Å². The summed E-state index contributed by atoms with van der Waals surface area (Å²) in [6, 6.07) is 15.2. The number of amides is 1. The minimum Gasteiger partial charge on any atom is -0.322 e. The molecule has 138 valence electrons. The predicted octanol–water partition coefficient (Wildman–Crippen LogP) is 4.44. The molecule has 5 nitrogen and oxygen atoms in total. The summed E-state index contributed by atoms with van der Waals surface area (Å²) in [7, 11) is 0. The maximum atomic E-state index is 13.9. The van der Waals surface area contributed by atoms with Crippen LogP contribution in [-0.2, 0) is 4.79 Å². The highest BCUT2D eigenvalue weighted by atomic mass is 32.1. The van der Waals surface area contributed by atoms with Crippen molar-refractivity contribution in [1.29, 1.82) is 0 Å². The summed E-state index contributed by atoms with van der Waals surface area (Å²) in [6.07, 6.45) is 4.40. The molecule has 0 saturated heterocycles. The van der Waals surface area contributed by atoms with E-state index in [9.17, 15) is 14.0 Å². The van der Waals surface area contributed by atoms with Crippen LogP contribution in [0, 0.1) is 5.82 Å². The predicted molar refractivity (Wildman–Crippen MR) is 110 cm³/mol. The number of hydrogen-bond donors (Lipinski definition) is 2. The Bertz CT molecular complexity index is 1260. The Morgan fingerprint density at radius 2 is 2.00 bits per heavy atom. The average molecular weight is 391 g/mol. The van der Waals surface area contributed by atoms with E-state index in [4.69, 9.17) is 0 Å². The van der Waals surface area contributed by atoms with Crippen molar-refractivity contribution in [3.8, 4) is 10.4 Å². The number of benzene rings is 2. The van der Waals surface area contributed by atoms with E-state index in [1.807, 2.05) is 12.1 Å². The summed E-state index contributed by atoms with van der Waals surface area (Å²) >= 11 is 1.39. The van der Waals surface area contributed by atoms with Crippen molar-refractivity contribution in [3.63, 3.8) is 0 Å². The Hall–Kier alpha value is -3.58. The van der Waals surface area contributed by atoms with Gasteiger partial charge in [-0.15, -0.1) is 11.3 Å². The lowest BCUT2D eigenvalue weighted by molar-refractivity contribution is -0.111. The molecule has 7 heteroatoms. The number of carbonyl (C=O) groups excluding carboxylic acids is 1. The number of aromatic amines is 1. The molecule has 28 heavy (non-hydrogen) atoms. The number of nitrogens with one attached hydrogen (secondary N) is 2. The number of carbonyl (C=O) groups is 1. The van der Waals surface area contributed by atoms with Gasteiger partial charge in [-0.2, -0.15) is 0 Å². The Kier molecular flexibility index (Phi) is 4.82. The zero-order valence-corrected chi connectivity index (χ0v) is 15.3. The summed E-state index contributed by atoms with van der Waals surface area (Å²) in [5.41, 5.74) is 1.32. The summed E-state index contributed by atoms with van der Waals surface area (Å²) in [4.78, 5) is 32.2. The van der Waals surface area contributed by atoms with Gasteiger partial charge in [-0.05, 0) is 42.5 Å². The Balaban J connectivity index is 1.48. The van der Waals surface area contributed by atoms with Gasteiger partial charge in [0, 0.05) is 27.1 Å². The van der Waals surface area contributed by atoms with Crippen LogP contribution in [0.15, 0.2) is 71.8 Å². The fourth-order valence-corrected chi connectivity index (χ4v) is 3.67. The van der Waals surface area contributed by atoms with E-state index in [1.54, 1.807) is 42.5 Å². The number of anilines is 1. The zero-order valence-electron chi connectivity index (χ0n) is 14.5. The van der Waals surface area contributed by atoms with Gasteiger partial charge in [0.2, 0.25) is 5.91 Å². The molecule has 2 aromatic heterocycles. The van der Waals surface area contributed by atoms with Gasteiger partial charge >= 0.3 is 0 Å². The standard InChI is InChI=1S/C21H14FN3O2S/c22-17-4-2-1-3-15(17)19-9-6-14(28-19)7-10-20(26)25-13-5-8-18-16(11-13)21(27)24-12-23-18/h1-12H,(H,25,26)(H,23,24,27)/b10-7+. The first-order valence-electron chi connectivity index (χ1n) is 8.41. The summed E-state index contributed by atoms with van der Waals surface area (Å²) in [5, 5.41) is 3.12. The lowest BCUT2D eigenvalue weighted by Crippen LogP contribution is -2.10. The molecule has 2 aromatic carbocycles. The molecule has 0 bridgehead atoms. The monoisotopic (exact) mass is 391 g/mol. The third-order valence-electron chi connectivity index (χ3n) is 4.07. The molecule has 0 atom stereocenters. The number of rotatable bonds is 4. The van der Waals surface area contributed by atoms with Gasteiger partial charge in [0.05, 0.1) is 17.2 Å². The summed E-state index contributed by atoms with van der Waals surface area (Å²) in [6.45, 7) is 0. The minimum absolute atomic E-state index is 0.268. The number of H-pyrrole nitrogens is 1. The van der Waals surface area contributed by atoms with Crippen molar-refractivity contribution in [3.05, 3.63) is 88.0 Å². The topological polar surface area (TPSA) is 74.8 Å². The molecular weight excluding hydrogens is 377 g/mol. The van der Waals surface area contributed by atoms with Crippen molar-refractivity contribution in [1.82, 2.24) is 9.97 Å². The quantitative estimate of drug-likeness (QED) is 0.505. The number of halogens is 1. The van der Waals surface area contributed by atoms with E-state index in [-0.39, 0.29) is 17.3 Å². The highest BCUT2D eigenvalue weighted by Gasteiger charge is 2.07. The van der Waals surface area contributed by atoms with E-state index >= 15 is 0 Å². The molecular formula is C21H14FN3O2S. The van der Waals surface area contributed by atoms with Gasteiger partial charge in [-0.3, -0.25) is 9.59 Å². The molecule has 2 heterocycles. The molecule has 0 aliphatic heterocycles. The first-order chi connectivity index (χ1) is 13.6. The van der Waals surface area contributed by atoms with Crippen molar-refractivity contribution < 1.29 is 9.18 Å². The number of hydrogen-bond acceptors (Lipinski definition) is 4. The van der Waals surface area contributed by atoms with Gasteiger partial charge in [0.25, 0.3) is 5.56 Å². The minimum atomic E-state index is -0.333. The molecule has 0 fully saturated rings. The molecule has 2 N–H and O–H groups in total. The van der Waals surface area contributed by atoms with Crippen LogP contribution in [0.2, 0.25) is 0 Å². The lowest BCUT2D eigenvalue weighted by atomic mass is 10.2. The summed E-state index contributed by atoms with van der Waals surface area (Å²) in [5.74, 6) is -0.612. The SMILES string of the molecule is O=C(/C=C/c1ccc(-c2ccccc2F)s1)Nc1ccc2nc[nH]c(=O)c2c1. The highest BCUT2D eigenvalue weighted by molar-refractivity contribution is 7.16. The summed E-state index contributed by atoms with van der Waals surface area (Å²) < 4.78 is 13.9. The Morgan fingerprint density at radius 1 is 1.14 bits per heavy atom. The molecule has 4 aromatic rings. The second-order valence-corrected chi connectivity index (χ2v) is 7.08. The fourth-order valence-electron chi connectivity index (χ4n) is 2.74. The molecule has 1 amide bonds. The van der Waals surface area contributed by atoms with Crippen molar-refractivity contribution in [2.45, 2.75) is 0 Å². The van der Waals surface area contributed by atoms with Crippen LogP contribution in [0.25, 0.3) is 27.4 Å². The third-order valence-corrected chi connectivity index (χ3v) is 5.16. The van der Waals surface area contributed by atoms with E-state index in [0.717, 1.165) is 9.75 Å². The largest absolute Gasteiger partial charge is 0.322 e. The van der Waals surface area contributed by atoms with Crippen LogP contribution in [0.4, 0.5) is 10.1 Å². The Labute approximate surface area is 163 Å². The Morgan fingerprint density at radius 3 is 2.86 bits per heavy atom. The number of fused-ring (bicyclic) bond motifs is 1. The first-order valence-corrected chi connectivity index (χ1v) is 9.23. The number of aromatic nitrogens is 2. The van der Waals surface area contributed by atoms with Crippen molar-refractivity contribution >= 4 is 39.9 Å². The van der Waals surface area contributed by atoms with E-state index in [0.29, 0.717) is 22.2 Å². The molecule has 0 spiro atoms. The van der Waals surface area contributed by atoms with Gasteiger partial charge in [-0.1, -0.05) is 18.2 Å². The van der Waals surface area contributed by atoms with E-state index < -0.39 is 0 Å². The normalized spacial score (nSPS) is 11.2. The van der Waals surface area contributed by atoms with Crippen LogP contribution in [0.3, 0.4) is 0 Å². The van der Waals surface area contributed by atoms with Crippen LogP contribution >= 0.6 is 11.3 Å². The molecule has 0 aliphatic carbocycles. The fraction of sp³-hybridized carbons (Fsp3) is 0. The smallest absolute Gasteiger partial charge is 0.258 e. The zero-order chi connectivity index (χ0) is 19.5. The van der Waals surface area contributed by atoms with Gasteiger partial charge in [0.1, 0.15) is 5.82 Å². The molecule has 0 saturated carbocycles. The second-order valence-electron chi connectivity index (χ2n) is 5.97. The van der Waals surface area contributed by atoms with E-state index in [1.165, 1.54) is 29.8 Å². The second kappa shape index (κ2) is 7.58. The third kappa shape index (κ3) is 3.74. The van der Waals surface area contributed by atoms with Crippen molar-refractivity contribution in [2.75, 3.05) is 5.32 Å². The van der Waals surface area contributed by atoms with Crippen LogP contribution in [0.5, 0.6) is 0 Å². The van der Waals surface area contributed by atoms with Gasteiger partial charge in [0.15, 0.2) is 0 Å². The maximum Gasteiger partial charge on any atom is 0.258 e. The van der Waals surface area contributed by atoms with Crippen molar-refractivity contribution in [2.24, 2.45) is 0 Å². The van der Waals surface area contributed by atoms with Gasteiger partial charge in [-0.25, -0.2) is 9.37 Å². The molecule has 0 unspecified atom stereocenters. The molecule has 0 radical (unpaired) electrons. The number of nitrogens with zero attached hydrogens (tertiary/aromatic N) is 1. The highest BCUT2D eigenvalue weighted by Crippen LogP contribution is 2.30. The van der Waals surface area contributed by atoms with Crippen LogP contribution in [-0.4, -0.2) is 15.9 Å².